The van der Waals surface area contributed by atoms with E-state index >= 15 is 0 Å². The quantitative estimate of drug-likeness (QED) is 0.804. The van der Waals surface area contributed by atoms with Gasteiger partial charge in [0, 0.05) is 19.5 Å². The van der Waals surface area contributed by atoms with Gasteiger partial charge in [0.2, 0.25) is 0 Å². The number of nitrogens with zero attached hydrogens (tertiary/aromatic N) is 1. The van der Waals surface area contributed by atoms with E-state index in [1.165, 1.54) is 0 Å². The third-order valence-corrected chi connectivity index (χ3v) is 2.98. The SMILES string of the molecule is O=C(CCc1ccccc1)OCC(=O)N1CCNC1=O. The number of rotatable bonds is 5. The first-order valence-corrected chi connectivity index (χ1v) is 6.44. The van der Waals surface area contributed by atoms with E-state index in [4.69, 9.17) is 4.74 Å². The maximum absolute atomic E-state index is 11.6. The minimum absolute atomic E-state index is 0.212. The molecular weight excluding hydrogens is 260 g/mol. The van der Waals surface area contributed by atoms with Gasteiger partial charge in [0.1, 0.15) is 0 Å². The molecule has 0 atom stereocenters. The Morgan fingerprint density at radius 1 is 1.25 bits per heavy atom. The summed E-state index contributed by atoms with van der Waals surface area (Å²) in [6.45, 7) is 0.368. The Morgan fingerprint density at radius 2 is 2.00 bits per heavy atom. The summed E-state index contributed by atoms with van der Waals surface area (Å²) in [5, 5.41) is 2.51. The first-order chi connectivity index (χ1) is 9.66. The van der Waals surface area contributed by atoms with Crippen molar-refractivity contribution in [3.63, 3.8) is 0 Å². The van der Waals surface area contributed by atoms with Crippen LogP contribution in [0, 0.1) is 0 Å². The van der Waals surface area contributed by atoms with E-state index < -0.39 is 17.9 Å². The van der Waals surface area contributed by atoms with Crippen molar-refractivity contribution in [3.8, 4) is 0 Å². The zero-order valence-electron chi connectivity index (χ0n) is 11.0. The van der Waals surface area contributed by atoms with Crippen molar-refractivity contribution in [1.29, 1.82) is 0 Å². The largest absolute Gasteiger partial charge is 0.456 e. The van der Waals surface area contributed by atoms with Gasteiger partial charge in [-0.3, -0.25) is 14.5 Å². The highest BCUT2D eigenvalue weighted by atomic mass is 16.5. The first-order valence-electron chi connectivity index (χ1n) is 6.44. The fraction of sp³-hybridized carbons (Fsp3) is 0.357. The normalized spacial score (nSPS) is 14.0. The van der Waals surface area contributed by atoms with Gasteiger partial charge in [-0.1, -0.05) is 30.3 Å². The standard InChI is InChI=1S/C14H16N2O4/c17-12(16-9-8-15-14(16)19)10-20-13(18)7-6-11-4-2-1-3-5-11/h1-5H,6-10H2,(H,15,19). The van der Waals surface area contributed by atoms with Crippen LogP contribution in [0.4, 0.5) is 4.79 Å². The van der Waals surface area contributed by atoms with Crippen LogP contribution in [0.15, 0.2) is 30.3 Å². The summed E-state index contributed by atoms with van der Waals surface area (Å²) in [6, 6.07) is 9.11. The molecule has 0 unspecified atom stereocenters. The van der Waals surface area contributed by atoms with E-state index in [0.717, 1.165) is 10.5 Å². The third-order valence-electron chi connectivity index (χ3n) is 2.98. The second-order valence-corrected chi connectivity index (χ2v) is 4.42. The Hall–Kier alpha value is -2.37. The molecule has 0 aromatic heterocycles. The second-order valence-electron chi connectivity index (χ2n) is 4.42. The van der Waals surface area contributed by atoms with Crippen LogP contribution in [0.3, 0.4) is 0 Å². The lowest BCUT2D eigenvalue weighted by molar-refractivity contribution is -0.150. The van der Waals surface area contributed by atoms with Gasteiger partial charge in [-0.25, -0.2) is 4.79 Å². The van der Waals surface area contributed by atoms with Crippen LogP contribution in [0.2, 0.25) is 0 Å². The molecule has 1 aliphatic heterocycles. The molecule has 1 heterocycles. The molecule has 0 aliphatic carbocycles. The molecule has 1 fully saturated rings. The molecule has 6 heteroatoms. The number of ether oxygens (including phenoxy) is 1. The Bertz CT molecular complexity index is 501. The number of imide groups is 1. The van der Waals surface area contributed by atoms with Crippen LogP contribution in [-0.2, 0) is 20.7 Å². The fourth-order valence-electron chi connectivity index (χ4n) is 1.89. The van der Waals surface area contributed by atoms with Gasteiger partial charge in [-0.05, 0) is 12.0 Å². The van der Waals surface area contributed by atoms with Crippen molar-refractivity contribution >= 4 is 17.9 Å². The topological polar surface area (TPSA) is 75.7 Å². The molecule has 20 heavy (non-hydrogen) atoms. The molecule has 3 amide bonds. The third kappa shape index (κ3) is 3.81. The Balaban J connectivity index is 1.70. The monoisotopic (exact) mass is 276 g/mol. The minimum Gasteiger partial charge on any atom is -0.456 e. The lowest BCUT2D eigenvalue weighted by atomic mass is 10.1. The van der Waals surface area contributed by atoms with Crippen molar-refractivity contribution in [3.05, 3.63) is 35.9 Å². The number of carbonyl (C=O) groups excluding carboxylic acids is 3. The number of benzene rings is 1. The summed E-state index contributed by atoms with van der Waals surface area (Å²) < 4.78 is 4.88. The van der Waals surface area contributed by atoms with Crippen LogP contribution in [0.1, 0.15) is 12.0 Å². The van der Waals surface area contributed by atoms with Crippen LogP contribution in [-0.4, -0.2) is 42.5 Å². The number of carbonyl (C=O) groups is 3. The maximum atomic E-state index is 11.6. The molecule has 6 nitrogen and oxygen atoms in total. The predicted octanol–water partition coefficient (Wildman–Crippen LogP) is 0.714. The molecule has 1 aromatic carbocycles. The van der Waals surface area contributed by atoms with E-state index in [-0.39, 0.29) is 13.0 Å². The summed E-state index contributed by atoms with van der Waals surface area (Å²) in [6.07, 6.45) is 0.779. The molecule has 1 aliphatic rings. The number of hydrogen-bond acceptors (Lipinski definition) is 4. The smallest absolute Gasteiger partial charge is 0.324 e. The van der Waals surface area contributed by atoms with Gasteiger partial charge in [-0.2, -0.15) is 0 Å². The highest BCUT2D eigenvalue weighted by molar-refractivity contribution is 5.96. The van der Waals surface area contributed by atoms with Gasteiger partial charge in [0.05, 0.1) is 0 Å². The zero-order valence-corrected chi connectivity index (χ0v) is 11.0. The predicted molar refractivity (Wildman–Crippen MR) is 70.8 cm³/mol. The lowest BCUT2D eigenvalue weighted by Crippen LogP contribution is -2.37. The molecule has 106 valence electrons. The fourth-order valence-corrected chi connectivity index (χ4v) is 1.89. The van der Waals surface area contributed by atoms with Crippen molar-refractivity contribution in [2.75, 3.05) is 19.7 Å². The van der Waals surface area contributed by atoms with Gasteiger partial charge in [0.25, 0.3) is 5.91 Å². The molecule has 2 rings (SSSR count). The van der Waals surface area contributed by atoms with E-state index in [1.54, 1.807) is 0 Å². The maximum Gasteiger partial charge on any atom is 0.324 e. The van der Waals surface area contributed by atoms with Gasteiger partial charge < -0.3 is 10.1 Å². The summed E-state index contributed by atoms with van der Waals surface area (Å²) in [7, 11) is 0. The summed E-state index contributed by atoms with van der Waals surface area (Å²) in [4.78, 5) is 35.4. The molecule has 1 aromatic rings. The summed E-state index contributed by atoms with van der Waals surface area (Å²) in [5.41, 5.74) is 1.04. The molecule has 0 saturated carbocycles. The second kappa shape index (κ2) is 6.70. The highest BCUT2D eigenvalue weighted by Crippen LogP contribution is 2.04. The van der Waals surface area contributed by atoms with Crippen LogP contribution in [0.5, 0.6) is 0 Å². The number of nitrogens with one attached hydrogen (secondary N) is 1. The van der Waals surface area contributed by atoms with E-state index in [2.05, 4.69) is 5.32 Å². The average molecular weight is 276 g/mol. The van der Waals surface area contributed by atoms with Gasteiger partial charge in [0.15, 0.2) is 6.61 Å². The van der Waals surface area contributed by atoms with Crippen molar-refractivity contribution in [2.45, 2.75) is 12.8 Å². The van der Waals surface area contributed by atoms with E-state index in [0.29, 0.717) is 19.5 Å². The van der Waals surface area contributed by atoms with Gasteiger partial charge in [-0.15, -0.1) is 0 Å². The van der Waals surface area contributed by atoms with Crippen LogP contribution in [0.25, 0.3) is 0 Å². The number of aryl methyl sites for hydroxylation is 1. The lowest BCUT2D eigenvalue weighted by Gasteiger charge is -2.12. The summed E-state index contributed by atoms with van der Waals surface area (Å²) >= 11 is 0. The number of urea groups is 1. The van der Waals surface area contributed by atoms with Crippen molar-refractivity contribution in [1.82, 2.24) is 10.2 Å². The molecule has 0 bridgehead atoms. The Morgan fingerprint density at radius 3 is 2.65 bits per heavy atom. The average Bonchev–Trinajstić information content (AvgIpc) is 2.90. The Labute approximate surface area is 116 Å². The van der Waals surface area contributed by atoms with Crippen molar-refractivity contribution < 1.29 is 19.1 Å². The molecular formula is C14H16N2O4. The Kier molecular flexibility index (Phi) is 4.70. The molecule has 1 saturated heterocycles. The van der Waals surface area contributed by atoms with E-state index in [9.17, 15) is 14.4 Å². The first kappa shape index (κ1) is 14.0. The van der Waals surface area contributed by atoms with Crippen molar-refractivity contribution in [2.24, 2.45) is 0 Å². The number of hydrogen-bond donors (Lipinski definition) is 1. The highest BCUT2D eigenvalue weighted by Gasteiger charge is 2.26. The summed E-state index contributed by atoms with van der Waals surface area (Å²) in [5.74, 6) is -0.935. The molecule has 0 radical (unpaired) electrons. The van der Waals surface area contributed by atoms with Gasteiger partial charge >= 0.3 is 12.0 Å². The minimum atomic E-state index is -0.493. The van der Waals surface area contributed by atoms with Crippen LogP contribution < -0.4 is 5.32 Å². The number of esters is 1. The van der Waals surface area contributed by atoms with E-state index in [1.807, 2.05) is 30.3 Å². The van der Waals surface area contributed by atoms with Crippen LogP contribution >= 0.6 is 0 Å². The molecule has 0 spiro atoms. The number of amides is 3. The zero-order chi connectivity index (χ0) is 14.4. The molecule has 1 N–H and O–H groups in total.